The lowest BCUT2D eigenvalue weighted by Gasteiger charge is -2.13. The predicted octanol–water partition coefficient (Wildman–Crippen LogP) is 1.35. The standard InChI is InChI=1S/C12H17NO2/c14-8-2-7-13-11-6-5-10-9(11)3-1-4-12(10)15/h1,3-4,11,13-15H,2,5-8H2. The van der Waals surface area contributed by atoms with Gasteiger partial charge in [0.25, 0.3) is 0 Å². The molecule has 0 fully saturated rings. The minimum absolute atomic E-state index is 0.229. The van der Waals surface area contributed by atoms with Crippen LogP contribution in [0.4, 0.5) is 0 Å². The normalized spacial score (nSPS) is 19.1. The van der Waals surface area contributed by atoms with E-state index in [1.807, 2.05) is 6.07 Å². The molecule has 3 heteroatoms. The first-order valence-electron chi connectivity index (χ1n) is 5.48. The van der Waals surface area contributed by atoms with Crippen LogP contribution in [0.3, 0.4) is 0 Å². The summed E-state index contributed by atoms with van der Waals surface area (Å²) in [7, 11) is 0. The Morgan fingerprint density at radius 1 is 1.40 bits per heavy atom. The van der Waals surface area contributed by atoms with Crippen LogP contribution in [0.5, 0.6) is 5.75 Å². The van der Waals surface area contributed by atoms with Gasteiger partial charge in [-0.05, 0) is 43.0 Å². The molecule has 1 aliphatic carbocycles. The Balaban J connectivity index is 2.05. The highest BCUT2D eigenvalue weighted by atomic mass is 16.3. The predicted molar refractivity (Wildman–Crippen MR) is 58.9 cm³/mol. The van der Waals surface area contributed by atoms with Crippen molar-refractivity contribution in [3.63, 3.8) is 0 Å². The van der Waals surface area contributed by atoms with Gasteiger partial charge in [0.05, 0.1) is 0 Å². The summed E-state index contributed by atoms with van der Waals surface area (Å²) in [5, 5.41) is 21.7. The fourth-order valence-corrected chi connectivity index (χ4v) is 2.20. The van der Waals surface area contributed by atoms with Gasteiger partial charge in [-0.15, -0.1) is 0 Å². The minimum atomic E-state index is 0.229. The van der Waals surface area contributed by atoms with Crippen molar-refractivity contribution in [1.82, 2.24) is 5.32 Å². The van der Waals surface area contributed by atoms with Crippen molar-refractivity contribution in [2.75, 3.05) is 13.2 Å². The zero-order valence-corrected chi connectivity index (χ0v) is 8.74. The first-order valence-corrected chi connectivity index (χ1v) is 5.48. The Labute approximate surface area is 89.8 Å². The van der Waals surface area contributed by atoms with Crippen molar-refractivity contribution in [3.8, 4) is 5.75 Å². The maximum Gasteiger partial charge on any atom is 0.119 e. The molecule has 1 aromatic carbocycles. The van der Waals surface area contributed by atoms with Crippen LogP contribution in [0.15, 0.2) is 18.2 Å². The Bertz CT molecular complexity index is 338. The van der Waals surface area contributed by atoms with E-state index < -0.39 is 0 Å². The summed E-state index contributed by atoms with van der Waals surface area (Å²) in [4.78, 5) is 0. The van der Waals surface area contributed by atoms with E-state index in [9.17, 15) is 5.11 Å². The third kappa shape index (κ3) is 2.13. The lowest BCUT2D eigenvalue weighted by Crippen LogP contribution is -2.21. The number of rotatable bonds is 4. The van der Waals surface area contributed by atoms with Gasteiger partial charge in [0.2, 0.25) is 0 Å². The number of hydrogen-bond acceptors (Lipinski definition) is 3. The van der Waals surface area contributed by atoms with Crippen molar-refractivity contribution < 1.29 is 10.2 Å². The number of phenols is 1. The molecule has 0 spiro atoms. The third-order valence-electron chi connectivity index (χ3n) is 2.97. The second kappa shape index (κ2) is 4.64. The Morgan fingerprint density at radius 2 is 2.27 bits per heavy atom. The number of hydrogen-bond donors (Lipinski definition) is 3. The smallest absolute Gasteiger partial charge is 0.119 e. The Kier molecular flexibility index (Phi) is 3.23. The highest BCUT2D eigenvalue weighted by Gasteiger charge is 2.23. The Morgan fingerprint density at radius 3 is 3.07 bits per heavy atom. The first kappa shape index (κ1) is 10.5. The van der Waals surface area contributed by atoms with Crippen LogP contribution in [-0.2, 0) is 6.42 Å². The van der Waals surface area contributed by atoms with E-state index in [0.717, 1.165) is 31.4 Å². The van der Waals surface area contributed by atoms with Gasteiger partial charge in [-0.1, -0.05) is 12.1 Å². The molecule has 15 heavy (non-hydrogen) atoms. The number of nitrogens with one attached hydrogen (secondary N) is 1. The van der Waals surface area contributed by atoms with E-state index >= 15 is 0 Å². The number of benzene rings is 1. The topological polar surface area (TPSA) is 52.5 Å². The average molecular weight is 207 g/mol. The number of phenolic OH excluding ortho intramolecular Hbond substituents is 1. The van der Waals surface area contributed by atoms with Crippen LogP contribution in [-0.4, -0.2) is 23.4 Å². The molecule has 0 saturated heterocycles. The molecule has 3 N–H and O–H groups in total. The molecule has 3 nitrogen and oxygen atoms in total. The Hall–Kier alpha value is -1.06. The maximum absolute atomic E-state index is 9.65. The molecule has 2 rings (SSSR count). The molecular formula is C12H17NO2. The fraction of sp³-hybridized carbons (Fsp3) is 0.500. The molecule has 1 atom stereocenters. The molecule has 0 amide bonds. The van der Waals surface area contributed by atoms with Gasteiger partial charge >= 0.3 is 0 Å². The summed E-state index contributed by atoms with van der Waals surface area (Å²) in [5.41, 5.74) is 2.30. The highest BCUT2D eigenvalue weighted by molar-refractivity contribution is 5.44. The van der Waals surface area contributed by atoms with Crippen LogP contribution < -0.4 is 5.32 Å². The van der Waals surface area contributed by atoms with Crippen LogP contribution in [0.1, 0.15) is 30.0 Å². The van der Waals surface area contributed by atoms with E-state index in [-0.39, 0.29) is 6.61 Å². The molecule has 82 valence electrons. The lowest BCUT2D eigenvalue weighted by molar-refractivity contribution is 0.283. The molecule has 1 aliphatic rings. The number of fused-ring (bicyclic) bond motifs is 1. The van der Waals surface area contributed by atoms with Gasteiger partial charge in [-0.2, -0.15) is 0 Å². The van der Waals surface area contributed by atoms with Crippen LogP contribution in [0.25, 0.3) is 0 Å². The summed E-state index contributed by atoms with van der Waals surface area (Å²) in [6.45, 7) is 1.06. The first-order chi connectivity index (χ1) is 7.33. The number of aliphatic hydroxyl groups is 1. The summed E-state index contributed by atoms with van der Waals surface area (Å²) in [5.74, 6) is 0.416. The zero-order chi connectivity index (χ0) is 10.7. The molecule has 1 aromatic rings. The van der Waals surface area contributed by atoms with Gasteiger partial charge in [0.1, 0.15) is 5.75 Å². The summed E-state index contributed by atoms with van der Waals surface area (Å²) < 4.78 is 0. The second-order valence-corrected chi connectivity index (χ2v) is 3.97. The van der Waals surface area contributed by atoms with Crippen LogP contribution >= 0.6 is 0 Å². The van der Waals surface area contributed by atoms with Crippen LogP contribution in [0.2, 0.25) is 0 Å². The van der Waals surface area contributed by atoms with Crippen molar-refractivity contribution in [1.29, 1.82) is 0 Å². The van der Waals surface area contributed by atoms with E-state index in [1.165, 1.54) is 5.56 Å². The maximum atomic E-state index is 9.65. The van der Waals surface area contributed by atoms with Gasteiger partial charge in [0, 0.05) is 12.6 Å². The van der Waals surface area contributed by atoms with Gasteiger partial charge in [-0.25, -0.2) is 0 Å². The van der Waals surface area contributed by atoms with E-state index in [2.05, 4.69) is 11.4 Å². The van der Waals surface area contributed by atoms with Crippen molar-refractivity contribution in [2.45, 2.75) is 25.3 Å². The third-order valence-corrected chi connectivity index (χ3v) is 2.97. The molecule has 0 radical (unpaired) electrons. The summed E-state index contributed by atoms with van der Waals surface area (Å²) in [6.07, 6.45) is 2.77. The molecule has 0 bridgehead atoms. The molecule has 0 aromatic heterocycles. The molecule has 0 saturated carbocycles. The quantitative estimate of drug-likeness (QED) is 0.653. The summed E-state index contributed by atoms with van der Waals surface area (Å²) >= 11 is 0. The number of aromatic hydroxyl groups is 1. The largest absolute Gasteiger partial charge is 0.508 e. The fourth-order valence-electron chi connectivity index (χ4n) is 2.20. The van der Waals surface area contributed by atoms with Gasteiger partial charge < -0.3 is 15.5 Å². The highest BCUT2D eigenvalue weighted by Crippen LogP contribution is 2.35. The van der Waals surface area contributed by atoms with Gasteiger partial charge in [0.15, 0.2) is 0 Å². The van der Waals surface area contributed by atoms with Crippen molar-refractivity contribution in [3.05, 3.63) is 29.3 Å². The zero-order valence-electron chi connectivity index (χ0n) is 8.74. The molecule has 0 aliphatic heterocycles. The average Bonchev–Trinajstić information content (AvgIpc) is 2.64. The van der Waals surface area contributed by atoms with Crippen LogP contribution in [0, 0.1) is 0 Å². The van der Waals surface area contributed by atoms with Crippen molar-refractivity contribution >= 4 is 0 Å². The molecule has 0 heterocycles. The SMILES string of the molecule is OCCCNC1CCc2c(O)cccc21. The monoisotopic (exact) mass is 207 g/mol. The van der Waals surface area contributed by atoms with E-state index in [0.29, 0.717) is 11.8 Å². The number of aliphatic hydroxyl groups excluding tert-OH is 1. The molecular weight excluding hydrogens is 190 g/mol. The van der Waals surface area contributed by atoms with E-state index in [4.69, 9.17) is 5.11 Å². The second-order valence-electron chi connectivity index (χ2n) is 3.97. The minimum Gasteiger partial charge on any atom is -0.508 e. The molecule has 1 unspecified atom stereocenters. The van der Waals surface area contributed by atoms with Gasteiger partial charge in [-0.3, -0.25) is 0 Å². The van der Waals surface area contributed by atoms with Crippen molar-refractivity contribution in [2.24, 2.45) is 0 Å². The van der Waals surface area contributed by atoms with E-state index in [1.54, 1.807) is 6.07 Å². The lowest BCUT2D eigenvalue weighted by atomic mass is 10.1. The summed E-state index contributed by atoms with van der Waals surface area (Å²) in [6, 6.07) is 6.05.